The number of pyridine rings is 4. The molecule has 3 amide bonds. The van der Waals surface area contributed by atoms with Crippen LogP contribution >= 0.6 is 115 Å². The summed E-state index contributed by atoms with van der Waals surface area (Å²) in [5, 5.41) is 11.1. The van der Waals surface area contributed by atoms with E-state index in [0.717, 1.165) is 147 Å². The molecule has 0 atom stereocenters. The maximum absolute atomic E-state index is 12.3. The molecule has 1 aromatic carbocycles. The number of halogens is 6. The number of aromatic nitrogens is 10. The fraction of sp³-hybridized carbons (Fsp3) is 0.362. The predicted molar refractivity (Wildman–Crippen MR) is 427 cm³/mol. The minimum atomic E-state index is -1.52. The van der Waals surface area contributed by atoms with E-state index < -0.39 is 21.5 Å². The van der Waals surface area contributed by atoms with Crippen molar-refractivity contribution in [2.75, 3.05) is 93.3 Å². The number of hydrogen-bond donors (Lipinski definition) is 4. The summed E-state index contributed by atoms with van der Waals surface area (Å²) in [6.07, 6.45) is 8.18. The van der Waals surface area contributed by atoms with E-state index in [1.165, 1.54) is 36.0 Å². The Labute approximate surface area is 645 Å². The number of fused-ring (bicyclic) bond motifs is 10. The quantitative estimate of drug-likeness (QED) is 0.0395. The van der Waals surface area contributed by atoms with Crippen molar-refractivity contribution in [3.63, 3.8) is 0 Å². The number of piperidine rings is 1. The third kappa shape index (κ3) is 21.0. The molecule has 0 spiro atoms. The van der Waals surface area contributed by atoms with E-state index in [-0.39, 0.29) is 35.8 Å². The molecule has 0 aliphatic carbocycles. The molecule has 0 saturated carbocycles. The van der Waals surface area contributed by atoms with Gasteiger partial charge in [0.05, 0.1) is 42.0 Å². The highest BCUT2D eigenvalue weighted by atomic mass is 35.5. The number of nitrogens with zero attached hydrogens (tertiary/aromatic N) is 14. The van der Waals surface area contributed by atoms with Crippen LogP contribution in [0.4, 0.5) is 37.7 Å². The number of hydrogen-bond acceptors (Lipinski definition) is 26. The van der Waals surface area contributed by atoms with Gasteiger partial charge in [-0.25, -0.2) is 54.3 Å². The Morgan fingerprint density at radius 3 is 1.53 bits per heavy atom. The zero-order valence-electron chi connectivity index (χ0n) is 57.1. The van der Waals surface area contributed by atoms with Crippen LogP contribution in [-0.4, -0.2) is 171 Å². The molecule has 0 unspecified atom stereocenters. The molecule has 15 rings (SSSR count). The predicted octanol–water partition coefficient (Wildman–Crippen LogP) is 17.4. The lowest BCUT2D eigenvalue weighted by atomic mass is 10.1. The van der Waals surface area contributed by atoms with Crippen LogP contribution in [0.2, 0.25) is 15.7 Å². The molecule has 3 aliphatic heterocycles. The largest absolute Gasteiger partial charge is 0.444 e. The lowest BCUT2D eigenvalue weighted by Gasteiger charge is -2.36. The first-order valence-electron chi connectivity index (χ1n) is 32.3. The maximum atomic E-state index is 12.3. The molecule has 3 saturated heterocycles. The third-order valence-electron chi connectivity index (χ3n) is 15.2. The molecule has 14 heterocycles. The van der Waals surface area contributed by atoms with Crippen molar-refractivity contribution in [2.45, 2.75) is 90.9 Å². The highest BCUT2D eigenvalue weighted by Crippen LogP contribution is 2.41. The van der Waals surface area contributed by atoms with Gasteiger partial charge in [-0.3, -0.25) is 4.79 Å². The van der Waals surface area contributed by atoms with Gasteiger partial charge in [-0.2, -0.15) is 9.97 Å². The van der Waals surface area contributed by atoms with Crippen LogP contribution in [0, 0.1) is 0 Å². The molecule has 550 valence electrons. The van der Waals surface area contributed by atoms with Crippen molar-refractivity contribution in [1.82, 2.24) is 65.0 Å². The van der Waals surface area contributed by atoms with Gasteiger partial charge in [0.1, 0.15) is 35.4 Å². The van der Waals surface area contributed by atoms with Gasteiger partial charge in [0.2, 0.25) is 16.5 Å². The number of likely N-dealkylation sites (tertiary alicyclic amines) is 1. The average molecular weight is 1610 g/mol. The minimum absolute atomic E-state index is 0. The highest BCUT2D eigenvalue weighted by Gasteiger charge is 2.30. The third-order valence-corrected chi connectivity index (χ3v) is 20.6. The van der Waals surface area contributed by atoms with Crippen LogP contribution in [0.3, 0.4) is 0 Å². The van der Waals surface area contributed by atoms with E-state index in [4.69, 9.17) is 105 Å². The number of carbonyl (C=O) groups excluding carboxylic acids is 4. The second-order valence-corrected chi connectivity index (χ2v) is 32.1. The molecule has 3 aliphatic rings. The molecule has 11 aromatic heterocycles. The summed E-state index contributed by atoms with van der Waals surface area (Å²) >= 11 is 38.9. The molecule has 0 radical (unpaired) electrons. The normalized spacial score (nSPS) is 14.0. The van der Waals surface area contributed by atoms with Crippen LogP contribution in [0.25, 0.3) is 82.8 Å². The molecular weight excluding hydrogens is 1530 g/mol. The molecule has 6 N–H and O–H groups in total. The number of nitrogen functional groups attached to an aromatic ring is 1. The Kier molecular flexibility index (Phi) is 27.3. The van der Waals surface area contributed by atoms with E-state index in [1.54, 1.807) is 57.1 Å². The van der Waals surface area contributed by atoms with Crippen LogP contribution in [-0.2, 0) is 14.2 Å². The first-order chi connectivity index (χ1) is 49.0. The number of nitrogens with one attached hydrogen (secondary N) is 2. The topological polar surface area (TPSA) is 314 Å². The van der Waals surface area contributed by atoms with Gasteiger partial charge < -0.3 is 55.9 Å². The molecule has 3 fully saturated rings. The summed E-state index contributed by atoms with van der Waals surface area (Å²) in [6, 6.07) is 25.8. The Balaban J connectivity index is 0.000000152. The summed E-state index contributed by atoms with van der Waals surface area (Å²) in [5.41, 5.74) is 14.1. The summed E-state index contributed by atoms with van der Waals surface area (Å²) in [7, 11) is 1.86. The second kappa shape index (κ2) is 35.4. The Bertz CT molecular complexity index is 5000. The molecule has 12 aromatic rings. The van der Waals surface area contributed by atoms with Crippen molar-refractivity contribution in [3.05, 3.63) is 118 Å². The molecule has 25 nitrogen and oxygen atoms in total. The average Bonchev–Trinajstić information content (AvgIpc) is 1.61. The van der Waals surface area contributed by atoms with E-state index in [2.05, 4.69) is 84.3 Å². The summed E-state index contributed by atoms with van der Waals surface area (Å²) in [5.74, 6) is 1.97. The van der Waals surface area contributed by atoms with Crippen molar-refractivity contribution >= 4 is 233 Å². The molecular formula is C69H76Cl6N18O7S4. The van der Waals surface area contributed by atoms with Gasteiger partial charge in [-0.15, -0.1) is 45.3 Å². The van der Waals surface area contributed by atoms with E-state index in [0.29, 0.717) is 47.8 Å². The van der Waals surface area contributed by atoms with Gasteiger partial charge in [-0.1, -0.05) is 72.6 Å². The van der Waals surface area contributed by atoms with Crippen LogP contribution in [0.1, 0.15) is 84.8 Å². The van der Waals surface area contributed by atoms with Crippen molar-refractivity contribution in [3.8, 4) is 11.3 Å². The zero-order valence-corrected chi connectivity index (χ0v) is 64.9. The lowest BCUT2D eigenvalue weighted by molar-refractivity contribution is 0.0212. The number of carbonyl (C=O) groups is 4. The van der Waals surface area contributed by atoms with Gasteiger partial charge in [-0.05, 0) is 133 Å². The summed E-state index contributed by atoms with van der Waals surface area (Å²) in [6.45, 7) is 20.6. The SMILES string of the molecule is C.CC(C)(C)OC(=O)N1CCCCC1.CC(C)(C)OC(=O)N1CCN(c2nc(Cl)nc3c2sc2ncccc23)CC1.CC(Cl)(Cl)OC(=O)Cl.CNc1nc(N2CCNCC2)c2sc3nc(-c4ccccc4)ccc3c2n1.Clc1nc(Cl)c2sc3ncccc3c2n1.NC(=O)c1sc2ncccc2c1N. The number of piperazine rings is 2. The number of ether oxygens (including phenoxy) is 3. The van der Waals surface area contributed by atoms with Gasteiger partial charge in [0.25, 0.3) is 10.4 Å². The van der Waals surface area contributed by atoms with Crippen LogP contribution in [0.15, 0.2) is 97.5 Å². The Hall–Kier alpha value is -7.94. The number of anilines is 4. The first kappa shape index (κ1) is 80.2. The Morgan fingerprint density at radius 2 is 1.01 bits per heavy atom. The zero-order chi connectivity index (χ0) is 73.9. The Morgan fingerprint density at radius 1 is 0.529 bits per heavy atom. The van der Waals surface area contributed by atoms with Gasteiger partial charge in [0.15, 0.2) is 16.8 Å². The first-order valence-corrected chi connectivity index (χ1v) is 37.8. The summed E-state index contributed by atoms with van der Waals surface area (Å²) in [4.78, 5) is 101. The van der Waals surface area contributed by atoms with Crippen molar-refractivity contribution < 1.29 is 33.4 Å². The van der Waals surface area contributed by atoms with E-state index in [9.17, 15) is 19.2 Å². The number of nitrogens with two attached hydrogens (primary N) is 2. The number of amides is 3. The summed E-state index contributed by atoms with van der Waals surface area (Å²) < 4.78 is 16.2. The van der Waals surface area contributed by atoms with Crippen LogP contribution < -0.4 is 31.9 Å². The number of alkyl halides is 2. The maximum Gasteiger partial charge on any atom is 0.410 e. The number of benzene rings is 1. The fourth-order valence-corrected chi connectivity index (χ4v) is 15.8. The van der Waals surface area contributed by atoms with Gasteiger partial charge >= 0.3 is 17.6 Å². The number of rotatable bonds is 6. The second-order valence-electron chi connectivity index (χ2n) is 25.1. The minimum Gasteiger partial charge on any atom is -0.444 e. The highest BCUT2D eigenvalue weighted by molar-refractivity contribution is 7.26. The van der Waals surface area contributed by atoms with E-state index >= 15 is 0 Å². The molecule has 0 bridgehead atoms. The molecule has 35 heteroatoms. The van der Waals surface area contributed by atoms with Crippen molar-refractivity contribution in [2.24, 2.45) is 5.73 Å². The fourth-order valence-electron chi connectivity index (χ4n) is 10.7. The lowest BCUT2D eigenvalue weighted by Crippen LogP contribution is -2.50. The standard InChI is InChI=1S/C20H20N6S.C18H20ClN5O2S.C10H19NO2.C9H3Cl2N3S.C8H7N3OS.C3H3Cl3O2.CH4/c1-21-20-24-16-14-7-8-15(13-5-3-2-4-6-13)23-19(14)27-17(16)18(25-20)26-11-9-22-10-12-26;1-18(2,3)26-17(25)24-9-7-23(8-10-24)14-13-12(21-16(19)22-14)11-5-4-6-20-15(11)27-13;1-10(2,3)13-9(12)11-7-5-4-6-8-11;10-7-6-5(13-9(11)14-7)4-2-1-3-12-8(4)15-6;9-5-4-2-1-3-11-8(4)13-6(5)7(10)12;1-3(5,6)8-2(4)7;/h2-8,22H,9-12H2,1H3,(H,21,24,25);4-6H,7-10H2,1-3H3;4-8H2,1-3H3;1-3H;1-3H,9H2,(H2,10,12);1H3;1H4. The molecule has 104 heavy (non-hydrogen) atoms. The smallest absolute Gasteiger partial charge is 0.410 e. The van der Waals surface area contributed by atoms with Crippen LogP contribution in [0.5, 0.6) is 0 Å². The van der Waals surface area contributed by atoms with Gasteiger partial charge in [0, 0.05) is 137 Å². The van der Waals surface area contributed by atoms with Crippen molar-refractivity contribution in [1.29, 1.82) is 0 Å². The number of thiophene rings is 4. The monoisotopic (exact) mass is 1610 g/mol. The number of primary amides is 1. The van der Waals surface area contributed by atoms with E-state index in [1.807, 2.05) is 97.1 Å².